The number of aryl methyl sites for hydroxylation is 1. The van der Waals surface area contributed by atoms with Gasteiger partial charge in [0.05, 0.1) is 11.8 Å². The summed E-state index contributed by atoms with van der Waals surface area (Å²) in [7, 11) is 0. The van der Waals surface area contributed by atoms with Crippen molar-refractivity contribution < 1.29 is 4.74 Å². The number of ether oxygens (including phenoxy) is 1. The molecular weight excluding hydrogens is 298 g/mol. The predicted octanol–water partition coefficient (Wildman–Crippen LogP) is 4.57. The van der Waals surface area contributed by atoms with Crippen LogP contribution in [0.1, 0.15) is 37.6 Å². The summed E-state index contributed by atoms with van der Waals surface area (Å²) >= 11 is 0. The lowest BCUT2D eigenvalue weighted by Crippen LogP contribution is -2.12. The summed E-state index contributed by atoms with van der Waals surface area (Å²) in [5.74, 6) is 0. The number of rotatable bonds is 5. The summed E-state index contributed by atoms with van der Waals surface area (Å²) in [5.41, 5.74) is 6.25. The zero-order chi connectivity index (χ0) is 17.1. The van der Waals surface area contributed by atoms with Crippen LogP contribution in [0.4, 0.5) is 0 Å². The van der Waals surface area contributed by atoms with Crippen LogP contribution in [0.2, 0.25) is 0 Å². The van der Waals surface area contributed by atoms with E-state index in [0.29, 0.717) is 6.61 Å². The Morgan fingerprint density at radius 2 is 2.04 bits per heavy atom. The minimum absolute atomic E-state index is 0.0255. The molecule has 124 valence electrons. The van der Waals surface area contributed by atoms with Gasteiger partial charge in [0.15, 0.2) is 0 Å². The van der Waals surface area contributed by atoms with Crippen molar-refractivity contribution in [3.8, 4) is 11.3 Å². The monoisotopic (exact) mass is 321 g/mol. The van der Waals surface area contributed by atoms with Crippen molar-refractivity contribution in [2.24, 2.45) is 0 Å². The van der Waals surface area contributed by atoms with Crippen LogP contribution >= 0.6 is 0 Å². The van der Waals surface area contributed by atoms with Crippen LogP contribution in [0.5, 0.6) is 0 Å². The highest BCUT2D eigenvalue weighted by molar-refractivity contribution is 5.86. The Hall–Kier alpha value is -2.46. The van der Waals surface area contributed by atoms with Gasteiger partial charge in [-0.3, -0.25) is 0 Å². The van der Waals surface area contributed by atoms with Gasteiger partial charge in [-0.25, -0.2) is 4.68 Å². The van der Waals surface area contributed by atoms with Crippen molar-refractivity contribution in [3.05, 3.63) is 66.4 Å². The number of hydrogen-bond acceptors (Lipinski definition) is 3. The fourth-order valence-corrected chi connectivity index (χ4v) is 3.32. The van der Waals surface area contributed by atoms with Gasteiger partial charge in [-0.1, -0.05) is 54.8 Å². The molecule has 0 amide bonds. The van der Waals surface area contributed by atoms with Crippen LogP contribution in [-0.2, 0) is 11.3 Å². The van der Waals surface area contributed by atoms with Crippen molar-refractivity contribution >= 4 is 5.57 Å². The molecule has 0 N–H and O–H groups in total. The molecule has 1 heterocycles. The number of benzene rings is 1. The average molecular weight is 321 g/mol. The number of nitrogens with zero attached hydrogens (tertiary/aromatic N) is 3. The highest BCUT2D eigenvalue weighted by atomic mass is 16.5. The van der Waals surface area contributed by atoms with E-state index in [0.717, 1.165) is 41.1 Å². The summed E-state index contributed by atoms with van der Waals surface area (Å²) in [5, 5.41) is 8.79. The molecule has 0 fully saturated rings. The Kier molecular flexibility index (Phi) is 4.76. The standard InChI is InChI=1S/C20H23N3O/c1-5-14-13-18(24-8-4)16-11-9-10-12-17(16)20-19(15(14)6-2)21-22-23(20)7-3/h5-6,9-12,18H,1-2,7-8,13H2,3-4H3/b15-14-. The molecule has 24 heavy (non-hydrogen) atoms. The molecule has 1 aromatic heterocycles. The van der Waals surface area contributed by atoms with Gasteiger partial charge in [0.1, 0.15) is 5.69 Å². The Morgan fingerprint density at radius 3 is 2.71 bits per heavy atom. The van der Waals surface area contributed by atoms with E-state index in [-0.39, 0.29) is 6.10 Å². The third kappa shape index (κ3) is 2.63. The lowest BCUT2D eigenvalue weighted by atomic mass is 9.87. The van der Waals surface area contributed by atoms with Gasteiger partial charge in [0.25, 0.3) is 0 Å². The molecule has 1 unspecified atom stereocenters. The predicted molar refractivity (Wildman–Crippen MR) is 97.4 cm³/mol. The van der Waals surface area contributed by atoms with Gasteiger partial charge in [0, 0.05) is 30.7 Å². The van der Waals surface area contributed by atoms with Gasteiger partial charge in [-0.05, 0) is 25.0 Å². The molecule has 0 aliphatic heterocycles. The van der Waals surface area contributed by atoms with Crippen molar-refractivity contribution in [1.82, 2.24) is 15.0 Å². The Labute approximate surface area is 143 Å². The first-order valence-electron chi connectivity index (χ1n) is 8.37. The third-order valence-electron chi connectivity index (χ3n) is 4.42. The first-order valence-corrected chi connectivity index (χ1v) is 8.37. The normalized spacial score (nSPS) is 19.8. The van der Waals surface area contributed by atoms with E-state index in [1.165, 1.54) is 5.56 Å². The topological polar surface area (TPSA) is 39.9 Å². The molecule has 1 aliphatic rings. The summed E-state index contributed by atoms with van der Waals surface area (Å²) in [6.45, 7) is 13.5. The molecule has 1 atom stereocenters. The highest BCUT2D eigenvalue weighted by Gasteiger charge is 2.27. The molecule has 1 aliphatic carbocycles. The number of aromatic nitrogens is 3. The molecule has 3 rings (SSSR count). The minimum Gasteiger partial charge on any atom is -0.373 e. The van der Waals surface area contributed by atoms with E-state index in [2.05, 4.69) is 48.6 Å². The Balaban J connectivity index is 2.36. The van der Waals surface area contributed by atoms with E-state index in [1.807, 2.05) is 29.8 Å². The molecule has 0 saturated carbocycles. The molecule has 2 aromatic rings. The first kappa shape index (κ1) is 16.4. The van der Waals surface area contributed by atoms with Gasteiger partial charge in [0.2, 0.25) is 0 Å². The second-order valence-electron chi connectivity index (χ2n) is 5.68. The van der Waals surface area contributed by atoms with Gasteiger partial charge < -0.3 is 4.74 Å². The Bertz CT molecular complexity index is 801. The zero-order valence-electron chi connectivity index (χ0n) is 14.3. The van der Waals surface area contributed by atoms with E-state index < -0.39 is 0 Å². The van der Waals surface area contributed by atoms with Crippen LogP contribution < -0.4 is 0 Å². The summed E-state index contributed by atoms with van der Waals surface area (Å²) in [6, 6.07) is 8.35. The maximum absolute atomic E-state index is 6.07. The van der Waals surface area contributed by atoms with Crippen LogP contribution in [0, 0.1) is 0 Å². The van der Waals surface area contributed by atoms with E-state index in [4.69, 9.17) is 4.74 Å². The SMILES string of the molecule is C=C/C1=C(\C=C)c2nnn(CC)c2-c2ccccc2C(OCC)C1. The molecule has 4 nitrogen and oxygen atoms in total. The quantitative estimate of drug-likeness (QED) is 0.809. The maximum Gasteiger partial charge on any atom is 0.121 e. The molecule has 0 saturated heterocycles. The molecule has 0 radical (unpaired) electrons. The van der Waals surface area contributed by atoms with E-state index in [9.17, 15) is 0 Å². The first-order chi connectivity index (χ1) is 11.7. The fourth-order valence-electron chi connectivity index (χ4n) is 3.32. The van der Waals surface area contributed by atoms with E-state index in [1.54, 1.807) is 0 Å². The molecule has 1 aromatic carbocycles. The van der Waals surface area contributed by atoms with Crippen molar-refractivity contribution in [2.75, 3.05) is 6.61 Å². The summed E-state index contributed by atoms with van der Waals surface area (Å²) in [6.07, 6.45) is 4.45. The van der Waals surface area contributed by atoms with Gasteiger partial charge in [-0.15, -0.1) is 5.10 Å². The van der Waals surface area contributed by atoms with Crippen molar-refractivity contribution in [3.63, 3.8) is 0 Å². The summed E-state index contributed by atoms with van der Waals surface area (Å²) in [4.78, 5) is 0. The lowest BCUT2D eigenvalue weighted by Gasteiger charge is -2.25. The van der Waals surface area contributed by atoms with Crippen LogP contribution in [-0.4, -0.2) is 21.6 Å². The van der Waals surface area contributed by atoms with Crippen molar-refractivity contribution in [2.45, 2.75) is 32.9 Å². The van der Waals surface area contributed by atoms with Gasteiger partial charge >= 0.3 is 0 Å². The second-order valence-corrected chi connectivity index (χ2v) is 5.68. The summed E-state index contributed by atoms with van der Waals surface area (Å²) < 4.78 is 8.01. The average Bonchev–Trinajstić information content (AvgIpc) is 3.02. The fraction of sp³-hybridized carbons (Fsp3) is 0.300. The third-order valence-corrected chi connectivity index (χ3v) is 4.42. The smallest absolute Gasteiger partial charge is 0.121 e. The highest BCUT2D eigenvalue weighted by Crippen LogP contribution is 2.41. The zero-order valence-corrected chi connectivity index (χ0v) is 14.3. The molecule has 4 heteroatoms. The van der Waals surface area contributed by atoms with Gasteiger partial charge in [-0.2, -0.15) is 0 Å². The number of fused-ring (bicyclic) bond motifs is 3. The Morgan fingerprint density at radius 1 is 1.25 bits per heavy atom. The molecular formula is C20H23N3O. The largest absolute Gasteiger partial charge is 0.373 e. The van der Waals surface area contributed by atoms with E-state index >= 15 is 0 Å². The van der Waals surface area contributed by atoms with Crippen LogP contribution in [0.3, 0.4) is 0 Å². The second kappa shape index (κ2) is 6.97. The molecule has 0 bridgehead atoms. The molecule has 0 spiro atoms. The number of hydrogen-bond donors (Lipinski definition) is 0. The van der Waals surface area contributed by atoms with Crippen LogP contribution in [0.25, 0.3) is 16.8 Å². The number of allylic oxidation sites excluding steroid dienone is 3. The lowest BCUT2D eigenvalue weighted by molar-refractivity contribution is 0.0637. The van der Waals surface area contributed by atoms with Crippen molar-refractivity contribution in [1.29, 1.82) is 0 Å². The maximum atomic E-state index is 6.07. The minimum atomic E-state index is -0.0255. The van der Waals surface area contributed by atoms with Crippen LogP contribution in [0.15, 0.2) is 55.1 Å².